The summed E-state index contributed by atoms with van der Waals surface area (Å²) in [6, 6.07) is 0. The Morgan fingerprint density at radius 3 is 2.10 bits per heavy atom. The fourth-order valence-electron chi connectivity index (χ4n) is 3.79. The number of nitrogens with zero attached hydrogens (tertiary/aromatic N) is 1. The summed E-state index contributed by atoms with van der Waals surface area (Å²) in [5.74, 6) is -1.25. The summed E-state index contributed by atoms with van der Waals surface area (Å²) in [6.07, 6.45) is 19.7. The standard InChI is InChI=1S/C25H47NO4/c1-5-6-7-8-9-10-11-12-13-14-15-16-17-18-23(27)19-20-25(30,21-24(28)29)22-26(2,3)4/h9-10,12-13,23,27,30H,5-8,11,14-22H2,1-4H3/b10-9-,13-12-. The highest BCUT2D eigenvalue weighted by Gasteiger charge is 2.34. The molecule has 0 aromatic carbocycles. The SMILES string of the molecule is CCCCC/C=C\C/C=C\CCCCCC(O)CCC(O)(CC(=O)[O-])C[N+](C)(C)C. The maximum absolute atomic E-state index is 11.0. The first-order valence-corrected chi connectivity index (χ1v) is 11.8. The summed E-state index contributed by atoms with van der Waals surface area (Å²) in [4.78, 5) is 11.0. The predicted octanol–water partition coefficient (Wildman–Crippen LogP) is 3.74. The fraction of sp³-hybridized carbons (Fsp3) is 0.800. The highest BCUT2D eigenvalue weighted by atomic mass is 16.4. The molecule has 0 saturated carbocycles. The molecule has 0 aliphatic rings. The van der Waals surface area contributed by atoms with Crippen LogP contribution in [0.5, 0.6) is 0 Å². The van der Waals surface area contributed by atoms with E-state index in [4.69, 9.17) is 0 Å². The van der Waals surface area contributed by atoms with Crippen molar-refractivity contribution < 1.29 is 24.6 Å². The van der Waals surface area contributed by atoms with Gasteiger partial charge >= 0.3 is 0 Å². The maximum Gasteiger partial charge on any atom is 0.119 e. The van der Waals surface area contributed by atoms with Crippen molar-refractivity contribution in [2.75, 3.05) is 27.7 Å². The summed E-state index contributed by atoms with van der Waals surface area (Å²) in [6.45, 7) is 2.54. The van der Waals surface area contributed by atoms with E-state index >= 15 is 0 Å². The zero-order valence-electron chi connectivity index (χ0n) is 19.9. The van der Waals surface area contributed by atoms with Crippen LogP contribution in [0.25, 0.3) is 0 Å². The molecule has 0 radical (unpaired) electrons. The van der Waals surface area contributed by atoms with Gasteiger partial charge in [-0.3, -0.25) is 0 Å². The number of carbonyl (C=O) groups is 1. The van der Waals surface area contributed by atoms with Gasteiger partial charge in [-0.1, -0.05) is 56.9 Å². The van der Waals surface area contributed by atoms with Crippen molar-refractivity contribution in [3.8, 4) is 0 Å². The molecular formula is C25H47NO4. The first-order chi connectivity index (χ1) is 14.1. The normalized spacial score (nSPS) is 15.7. The number of aliphatic hydroxyl groups excluding tert-OH is 1. The quantitative estimate of drug-likeness (QED) is 0.188. The van der Waals surface area contributed by atoms with Gasteiger partial charge in [-0.2, -0.15) is 0 Å². The zero-order chi connectivity index (χ0) is 22.9. The van der Waals surface area contributed by atoms with Crippen molar-refractivity contribution >= 4 is 5.97 Å². The molecule has 5 heteroatoms. The Balaban J connectivity index is 3.91. The van der Waals surface area contributed by atoms with Gasteiger partial charge in [-0.25, -0.2) is 0 Å². The molecule has 0 aromatic rings. The lowest BCUT2D eigenvalue weighted by molar-refractivity contribution is -0.877. The van der Waals surface area contributed by atoms with E-state index in [1.807, 2.05) is 21.1 Å². The molecule has 0 spiro atoms. The minimum Gasteiger partial charge on any atom is -0.550 e. The number of carboxylic acid groups (broad SMARTS) is 1. The molecule has 2 unspecified atom stereocenters. The third-order valence-electron chi connectivity index (χ3n) is 5.17. The van der Waals surface area contributed by atoms with Gasteiger partial charge < -0.3 is 24.6 Å². The topological polar surface area (TPSA) is 80.6 Å². The third-order valence-corrected chi connectivity index (χ3v) is 5.17. The Morgan fingerprint density at radius 2 is 1.57 bits per heavy atom. The van der Waals surface area contributed by atoms with Crippen LogP contribution in [0.2, 0.25) is 0 Å². The Kier molecular flexibility index (Phi) is 15.9. The van der Waals surface area contributed by atoms with Crippen molar-refractivity contribution in [2.24, 2.45) is 0 Å². The highest BCUT2D eigenvalue weighted by Crippen LogP contribution is 2.23. The van der Waals surface area contributed by atoms with Gasteiger partial charge in [0.1, 0.15) is 12.1 Å². The maximum atomic E-state index is 11.0. The number of allylic oxidation sites excluding steroid dienone is 4. The van der Waals surface area contributed by atoms with Gasteiger partial charge in [0.15, 0.2) is 0 Å². The highest BCUT2D eigenvalue weighted by molar-refractivity contribution is 5.65. The number of quaternary nitrogens is 1. The Morgan fingerprint density at radius 1 is 0.967 bits per heavy atom. The fourth-order valence-corrected chi connectivity index (χ4v) is 3.79. The van der Waals surface area contributed by atoms with Crippen LogP contribution in [0.1, 0.15) is 90.4 Å². The van der Waals surface area contributed by atoms with Gasteiger partial charge in [-0.15, -0.1) is 0 Å². The molecule has 2 N–H and O–H groups in total. The molecule has 30 heavy (non-hydrogen) atoms. The van der Waals surface area contributed by atoms with Crippen LogP contribution in [0.15, 0.2) is 24.3 Å². The minimum absolute atomic E-state index is 0.270. The number of hydrogen-bond acceptors (Lipinski definition) is 4. The van der Waals surface area contributed by atoms with E-state index in [0.29, 0.717) is 23.9 Å². The number of hydrogen-bond donors (Lipinski definition) is 2. The summed E-state index contributed by atoms with van der Waals surface area (Å²) in [5.41, 5.74) is -1.34. The van der Waals surface area contributed by atoms with Crippen LogP contribution in [0.4, 0.5) is 0 Å². The number of rotatable bonds is 19. The van der Waals surface area contributed by atoms with E-state index in [-0.39, 0.29) is 6.42 Å². The number of carboxylic acids is 1. The van der Waals surface area contributed by atoms with Crippen LogP contribution in [-0.2, 0) is 4.79 Å². The monoisotopic (exact) mass is 425 g/mol. The first kappa shape index (κ1) is 28.8. The van der Waals surface area contributed by atoms with Crippen molar-refractivity contribution in [1.82, 2.24) is 0 Å². The number of likely N-dealkylation sites (N-methyl/N-ethyl adjacent to an activating group) is 1. The van der Waals surface area contributed by atoms with E-state index in [9.17, 15) is 20.1 Å². The lowest BCUT2D eigenvalue weighted by atomic mass is 9.90. The van der Waals surface area contributed by atoms with Crippen LogP contribution < -0.4 is 5.11 Å². The molecule has 0 bridgehead atoms. The number of aliphatic carboxylic acids is 1. The van der Waals surface area contributed by atoms with Crippen LogP contribution in [0.3, 0.4) is 0 Å². The average molecular weight is 426 g/mol. The Hall–Kier alpha value is -1.17. The second-order valence-corrected chi connectivity index (χ2v) is 9.73. The molecular weight excluding hydrogens is 378 g/mol. The molecule has 0 fully saturated rings. The predicted molar refractivity (Wildman–Crippen MR) is 123 cm³/mol. The lowest BCUT2D eigenvalue weighted by Crippen LogP contribution is -2.52. The summed E-state index contributed by atoms with van der Waals surface area (Å²) in [5, 5.41) is 31.9. The average Bonchev–Trinajstić information content (AvgIpc) is 2.61. The molecule has 0 rings (SSSR count). The lowest BCUT2D eigenvalue weighted by Gasteiger charge is -2.36. The summed E-state index contributed by atoms with van der Waals surface area (Å²) < 4.78 is 0.460. The molecule has 0 heterocycles. The molecule has 0 amide bonds. The molecule has 0 aromatic heterocycles. The summed E-state index contributed by atoms with van der Waals surface area (Å²) in [7, 11) is 5.74. The molecule has 176 valence electrons. The number of unbranched alkanes of at least 4 members (excludes halogenated alkanes) is 6. The molecule has 0 saturated heterocycles. The van der Waals surface area contributed by atoms with Gasteiger partial charge in [-0.05, 0) is 51.4 Å². The van der Waals surface area contributed by atoms with E-state index in [1.165, 1.54) is 25.7 Å². The van der Waals surface area contributed by atoms with Crippen LogP contribution >= 0.6 is 0 Å². The van der Waals surface area contributed by atoms with Gasteiger partial charge in [0.2, 0.25) is 0 Å². The van der Waals surface area contributed by atoms with Gasteiger partial charge in [0.05, 0.1) is 27.2 Å². The van der Waals surface area contributed by atoms with Crippen molar-refractivity contribution in [3.05, 3.63) is 24.3 Å². The van der Waals surface area contributed by atoms with Crippen molar-refractivity contribution in [1.29, 1.82) is 0 Å². The van der Waals surface area contributed by atoms with E-state index in [0.717, 1.165) is 32.1 Å². The molecule has 2 atom stereocenters. The van der Waals surface area contributed by atoms with Crippen molar-refractivity contribution in [3.63, 3.8) is 0 Å². The molecule has 0 aliphatic heterocycles. The number of carbonyl (C=O) groups excluding carboxylic acids is 1. The second-order valence-electron chi connectivity index (χ2n) is 9.73. The first-order valence-electron chi connectivity index (χ1n) is 11.8. The molecule has 0 aliphatic carbocycles. The van der Waals surface area contributed by atoms with E-state index < -0.39 is 24.1 Å². The second kappa shape index (κ2) is 16.5. The zero-order valence-corrected chi connectivity index (χ0v) is 19.9. The largest absolute Gasteiger partial charge is 0.550 e. The third kappa shape index (κ3) is 18.8. The molecule has 5 nitrogen and oxygen atoms in total. The van der Waals surface area contributed by atoms with E-state index in [1.54, 1.807) is 0 Å². The Labute approximate surface area is 185 Å². The van der Waals surface area contributed by atoms with Gasteiger partial charge in [0.25, 0.3) is 0 Å². The number of aliphatic hydroxyl groups is 2. The Bertz CT molecular complexity index is 496. The summed E-state index contributed by atoms with van der Waals surface area (Å²) >= 11 is 0. The van der Waals surface area contributed by atoms with Crippen LogP contribution in [-0.4, -0.2) is 60.1 Å². The van der Waals surface area contributed by atoms with Crippen LogP contribution in [0, 0.1) is 0 Å². The smallest absolute Gasteiger partial charge is 0.119 e. The van der Waals surface area contributed by atoms with E-state index in [2.05, 4.69) is 31.2 Å². The van der Waals surface area contributed by atoms with Gasteiger partial charge in [0, 0.05) is 12.4 Å². The van der Waals surface area contributed by atoms with Crippen molar-refractivity contribution in [2.45, 2.75) is 102 Å². The minimum atomic E-state index is -1.34.